The summed E-state index contributed by atoms with van der Waals surface area (Å²) in [5, 5.41) is 0. The van der Waals surface area contributed by atoms with Crippen molar-refractivity contribution in [3.63, 3.8) is 0 Å². The minimum atomic E-state index is -3.70. The van der Waals surface area contributed by atoms with Gasteiger partial charge in [-0.2, -0.15) is 0 Å². The van der Waals surface area contributed by atoms with E-state index in [0.29, 0.717) is 30.4 Å². The SMILES string of the molecule is CC[NH+]1CCN(c2ccc(NS(=O)(=O)c3ccc4c(c3)OCCO4)cc2)CC1. The molecule has 2 aromatic rings. The van der Waals surface area contributed by atoms with Crippen LogP contribution in [0, 0.1) is 0 Å². The van der Waals surface area contributed by atoms with E-state index in [1.807, 2.05) is 24.3 Å². The third-order valence-corrected chi connectivity index (χ3v) is 6.66. The molecule has 0 aromatic heterocycles. The number of ether oxygens (including phenoxy) is 2. The number of likely N-dealkylation sites (N-methyl/N-ethyl adjacent to an activating group) is 1. The standard InChI is InChI=1S/C20H25N3O4S/c1-2-22-9-11-23(12-10-22)17-5-3-16(4-6-17)21-28(24,25)18-7-8-19-20(15-18)27-14-13-26-19/h3-8,15,21H,2,9-14H2,1H3/p+1. The number of hydrogen-bond acceptors (Lipinski definition) is 5. The summed E-state index contributed by atoms with van der Waals surface area (Å²) in [6.45, 7) is 8.57. The van der Waals surface area contributed by atoms with Gasteiger partial charge in [0.15, 0.2) is 11.5 Å². The molecule has 8 heteroatoms. The van der Waals surface area contributed by atoms with Crippen molar-refractivity contribution in [1.82, 2.24) is 0 Å². The molecule has 0 amide bonds. The lowest BCUT2D eigenvalue weighted by molar-refractivity contribution is -0.898. The van der Waals surface area contributed by atoms with Crippen molar-refractivity contribution in [2.45, 2.75) is 11.8 Å². The number of fused-ring (bicyclic) bond motifs is 1. The maximum Gasteiger partial charge on any atom is 0.262 e. The summed E-state index contributed by atoms with van der Waals surface area (Å²) in [6.07, 6.45) is 0. The van der Waals surface area contributed by atoms with E-state index in [1.54, 1.807) is 11.0 Å². The summed E-state index contributed by atoms with van der Waals surface area (Å²) < 4.78 is 39.0. The second-order valence-electron chi connectivity index (χ2n) is 7.05. The molecule has 2 aliphatic rings. The molecule has 0 atom stereocenters. The van der Waals surface area contributed by atoms with E-state index in [4.69, 9.17) is 9.47 Å². The van der Waals surface area contributed by atoms with Crippen LogP contribution < -0.4 is 24.0 Å². The highest BCUT2D eigenvalue weighted by Crippen LogP contribution is 2.32. The van der Waals surface area contributed by atoms with Crippen LogP contribution in [0.15, 0.2) is 47.4 Å². The minimum Gasteiger partial charge on any atom is -0.486 e. The summed E-state index contributed by atoms with van der Waals surface area (Å²) in [5.41, 5.74) is 1.66. The highest BCUT2D eigenvalue weighted by Gasteiger charge is 2.21. The van der Waals surface area contributed by atoms with E-state index in [0.717, 1.165) is 38.4 Å². The molecule has 7 nitrogen and oxygen atoms in total. The Labute approximate surface area is 165 Å². The number of nitrogens with zero attached hydrogens (tertiary/aromatic N) is 1. The summed E-state index contributed by atoms with van der Waals surface area (Å²) in [6, 6.07) is 12.2. The molecule has 1 fully saturated rings. The van der Waals surface area contributed by atoms with Crippen molar-refractivity contribution in [2.24, 2.45) is 0 Å². The third kappa shape index (κ3) is 4.02. The molecule has 0 unspecified atom stereocenters. The minimum absolute atomic E-state index is 0.152. The van der Waals surface area contributed by atoms with Crippen molar-refractivity contribution in [3.8, 4) is 11.5 Å². The van der Waals surface area contributed by atoms with Crippen molar-refractivity contribution in [2.75, 3.05) is 55.6 Å². The molecule has 0 bridgehead atoms. The fraction of sp³-hybridized carbons (Fsp3) is 0.400. The summed E-state index contributed by atoms with van der Waals surface area (Å²) in [5.74, 6) is 1.03. The number of rotatable bonds is 5. The Morgan fingerprint density at radius 1 is 1.00 bits per heavy atom. The number of anilines is 2. The van der Waals surface area contributed by atoms with Crippen molar-refractivity contribution >= 4 is 21.4 Å². The molecular weight excluding hydrogens is 378 g/mol. The molecule has 0 spiro atoms. The van der Waals surface area contributed by atoms with Gasteiger partial charge in [0.2, 0.25) is 0 Å². The first-order chi connectivity index (χ1) is 13.5. The van der Waals surface area contributed by atoms with Crippen LogP contribution in [0.3, 0.4) is 0 Å². The predicted octanol–water partition coefficient (Wildman–Crippen LogP) is 0.983. The van der Waals surface area contributed by atoms with Crippen LogP contribution in [0.4, 0.5) is 11.4 Å². The third-order valence-electron chi connectivity index (χ3n) is 5.28. The zero-order chi connectivity index (χ0) is 19.6. The lowest BCUT2D eigenvalue weighted by Gasteiger charge is -2.33. The molecule has 0 saturated carbocycles. The van der Waals surface area contributed by atoms with Crippen LogP contribution in [0.1, 0.15) is 6.92 Å². The first kappa shape index (κ1) is 18.9. The van der Waals surface area contributed by atoms with Crippen molar-refractivity contribution in [3.05, 3.63) is 42.5 Å². The fourth-order valence-corrected chi connectivity index (χ4v) is 4.65. The Morgan fingerprint density at radius 2 is 1.68 bits per heavy atom. The Hall–Kier alpha value is -2.45. The molecule has 150 valence electrons. The zero-order valence-corrected chi connectivity index (χ0v) is 16.8. The topological polar surface area (TPSA) is 72.3 Å². The van der Waals surface area contributed by atoms with Gasteiger partial charge in [0.1, 0.15) is 13.2 Å². The van der Waals surface area contributed by atoms with Crippen molar-refractivity contribution in [1.29, 1.82) is 0 Å². The number of piperazine rings is 1. The average molecular weight is 405 g/mol. The van der Waals surface area contributed by atoms with Gasteiger partial charge >= 0.3 is 0 Å². The summed E-state index contributed by atoms with van der Waals surface area (Å²) >= 11 is 0. The number of sulfonamides is 1. The molecule has 2 aliphatic heterocycles. The second kappa shape index (κ2) is 7.89. The maximum absolute atomic E-state index is 12.7. The molecule has 0 radical (unpaired) electrons. The van der Waals surface area contributed by atoms with E-state index in [9.17, 15) is 8.42 Å². The molecule has 0 aliphatic carbocycles. The van der Waals surface area contributed by atoms with E-state index >= 15 is 0 Å². The highest BCUT2D eigenvalue weighted by atomic mass is 32.2. The maximum atomic E-state index is 12.7. The quantitative estimate of drug-likeness (QED) is 0.778. The Morgan fingerprint density at radius 3 is 2.36 bits per heavy atom. The normalized spacial score (nSPS) is 17.4. The van der Waals surface area contributed by atoms with E-state index < -0.39 is 10.0 Å². The van der Waals surface area contributed by atoms with Gasteiger partial charge < -0.3 is 19.3 Å². The monoisotopic (exact) mass is 404 g/mol. The Bertz CT molecular complexity index is 923. The molecule has 2 aromatic carbocycles. The lowest BCUT2D eigenvalue weighted by Crippen LogP contribution is -3.14. The van der Waals surface area contributed by atoms with Gasteiger partial charge in [-0.1, -0.05) is 0 Å². The van der Waals surface area contributed by atoms with Crippen LogP contribution in [0.25, 0.3) is 0 Å². The van der Waals surface area contributed by atoms with Crippen molar-refractivity contribution < 1.29 is 22.8 Å². The van der Waals surface area contributed by atoms with E-state index in [1.165, 1.54) is 12.1 Å². The van der Waals surface area contributed by atoms with Crippen LogP contribution in [-0.2, 0) is 10.0 Å². The summed E-state index contributed by atoms with van der Waals surface area (Å²) in [7, 11) is -3.70. The second-order valence-corrected chi connectivity index (χ2v) is 8.73. The number of benzene rings is 2. The first-order valence-electron chi connectivity index (χ1n) is 9.66. The molecule has 4 rings (SSSR count). The van der Waals surface area contributed by atoms with Crippen LogP contribution in [0.5, 0.6) is 11.5 Å². The number of quaternary nitrogens is 1. The van der Waals surface area contributed by atoms with Crippen LogP contribution in [-0.4, -0.2) is 54.4 Å². The van der Waals surface area contributed by atoms with Gasteiger partial charge in [-0.3, -0.25) is 4.72 Å². The first-order valence-corrected chi connectivity index (χ1v) is 11.1. The molecule has 2 N–H and O–H groups in total. The molecule has 2 heterocycles. The largest absolute Gasteiger partial charge is 0.486 e. The fourth-order valence-electron chi connectivity index (χ4n) is 3.58. The highest BCUT2D eigenvalue weighted by molar-refractivity contribution is 7.92. The molecule has 28 heavy (non-hydrogen) atoms. The lowest BCUT2D eigenvalue weighted by atomic mass is 10.2. The Balaban J connectivity index is 1.45. The van der Waals surface area contributed by atoms with Gasteiger partial charge in [-0.25, -0.2) is 8.42 Å². The Kier molecular flexibility index (Phi) is 5.32. The molecule has 1 saturated heterocycles. The van der Waals surface area contributed by atoms with Crippen LogP contribution >= 0.6 is 0 Å². The van der Waals surface area contributed by atoms with Gasteiger partial charge in [0.05, 0.1) is 37.6 Å². The van der Waals surface area contributed by atoms with Crippen LogP contribution in [0.2, 0.25) is 0 Å². The van der Waals surface area contributed by atoms with Gasteiger partial charge in [0.25, 0.3) is 10.0 Å². The van der Waals surface area contributed by atoms with Gasteiger partial charge in [-0.05, 0) is 43.3 Å². The summed E-state index contributed by atoms with van der Waals surface area (Å²) in [4.78, 5) is 4.12. The number of nitrogens with one attached hydrogen (secondary N) is 2. The van der Waals surface area contributed by atoms with E-state index in [2.05, 4.69) is 16.5 Å². The molecular formula is C20H26N3O4S+. The van der Waals surface area contributed by atoms with Gasteiger partial charge in [0, 0.05) is 17.4 Å². The smallest absolute Gasteiger partial charge is 0.262 e. The van der Waals surface area contributed by atoms with E-state index in [-0.39, 0.29) is 4.90 Å². The average Bonchev–Trinajstić information content (AvgIpc) is 2.74. The predicted molar refractivity (Wildman–Crippen MR) is 108 cm³/mol. The van der Waals surface area contributed by atoms with Gasteiger partial charge in [-0.15, -0.1) is 0 Å². The number of hydrogen-bond donors (Lipinski definition) is 2. The zero-order valence-electron chi connectivity index (χ0n) is 16.0.